The zero-order chi connectivity index (χ0) is 20.4. The summed E-state index contributed by atoms with van der Waals surface area (Å²) in [6.07, 6.45) is 0.563. The number of carbonyl (C=O) groups excluding carboxylic acids is 1. The molecule has 1 atom stereocenters. The second-order valence-electron chi connectivity index (χ2n) is 6.53. The SMILES string of the molecule is COc1cc(OC)cc(C2=NN(C(=O)c3ccc(Br)o3)[C@H](c3ccccc3)C2)c1. The van der Waals surface area contributed by atoms with Crippen molar-refractivity contribution in [1.29, 1.82) is 0 Å². The summed E-state index contributed by atoms with van der Waals surface area (Å²) in [6, 6.07) is 18.5. The Bertz CT molecular complexity index is 1040. The summed E-state index contributed by atoms with van der Waals surface area (Å²) in [7, 11) is 3.21. The van der Waals surface area contributed by atoms with E-state index < -0.39 is 0 Å². The monoisotopic (exact) mass is 454 g/mol. The standard InChI is InChI=1S/C22H19BrN2O4/c1-27-16-10-15(11-17(12-16)28-2)18-13-19(14-6-4-3-5-7-14)25(24-18)22(26)20-8-9-21(23)29-20/h3-12,19H,13H2,1-2H3/t19-/m0/s1. The number of furan rings is 1. The van der Waals surface area contributed by atoms with Gasteiger partial charge >= 0.3 is 5.91 Å². The first-order valence-corrected chi connectivity index (χ1v) is 9.83. The minimum Gasteiger partial charge on any atom is -0.497 e. The molecule has 0 radical (unpaired) electrons. The summed E-state index contributed by atoms with van der Waals surface area (Å²) in [4.78, 5) is 13.1. The number of ether oxygens (including phenoxy) is 2. The van der Waals surface area contributed by atoms with Crippen LogP contribution in [0.4, 0.5) is 0 Å². The largest absolute Gasteiger partial charge is 0.497 e. The van der Waals surface area contributed by atoms with E-state index in [9.17, 15) is 4.79 Å². The topological polar surface area (TPSA) is 64.3 Å². The van der Waals surface area contributed by atoms with Gasteiger partial charge in [0.25, 0.3) is 0 Å². The Morgan fingerprint density at radius 2 is 1.76 bits per heavy atom. The van der Waals surface area contributed by atoms with Crippen LogP contribution in [-0.2, 0) is 0 Å². The highest BCUT2D eigenvalue weighted by Gasteiger charge is 2.35. The molecule has 4 rings (SSSR count). The molecule has 1 aliphatic rings. The van der Waals surface area contributed by atoms with E-state index in [-0.39, 0.29) is 17.7 Å². The maximum Gasteiger partial charge on any atom is 0.310 e. The van der Waals surface area contributed by atoms with Crippen LogP contribution in [0.1, 0.15) is 34.1 Å². The number of amides is 1. The van der Waals surface area contributed by atoms with Gasteiger partial charge in [0, 0.05) is 18.1 Å². The van der Waals surface area contributed by atoms with Crippen LogP contribution < -0.4 is 9.47 Å². The van der Waals surface area contributed by atoms with Gasteiger partial charge < -0.3 is 13.9 Å². The minimum atomic E-state index is -0.297. The third-order valence-corrected chi connectivity index (χ3v) is 5.20. The maximum absolute atomic E-state index is 13.1. The molecule has 0 spiro atoms. The number of benzene rings is 2. The fourth-order valence-corrected chi connectivity index (χ4v) is 3.63. The molecule has 29 heavy (non-hydrogen) atoms. The molecule has 2 aromatic carbocycles. The zero-order valence-corrected chi connectivity index (χ0v) is 17.5. The fraction of sp³-hybridized carbons (Fsp3) is 0.182. The number of carbonyl (C=O) groups is 1. The lowest BCUT2D eigenvalue weighted by atomic mass is 9.98. The summed E-state index contributed by atoms with van der Waals surface area (Å²) < 4.78 is 16.7. The van der Waals surface area contributed by atoms with E-state index in [0.29, 0.717) is 22.6 Å². The minimum absolute atomic E-state index is 0.228. The third kappa shape index (κ3) is 3.91. The lowest BCUT2D eigenvalue weighted by molar-refractivity contribution is 0.0677. The van der Waals surface area contributed by atoms with Gasteiger partial charge in [-0.15, -0.1) is 0 Å². The molecule has 0 saturated heterocycles. The van der Waals surface area contributed by atoms with Crippen LogP contribution in [0.25, 0.3) is 0 Å². The maximum atomic E-state index is 13.1. The molecule has 0 N–H and O–H groups in total. The molecule has 2 heterocycles. The first kappa shape index (κ1) is 19.3. The Hall–Kier alpha value is -3.06. The fourth-order valence-electron chi connectivity index (χ4n) is 3.32. The summed E-state index contributed by atoms with van der Waals surface area (Å²) in [6.45, 7) is 0. The first-order chi connectivity index (χ1) is 14.1. The molecular formula is C22H19BrN2O4. The van der Waals surface area contributed by atoms with Gasteiger partial charge in [0.15, 0.2) is 10.4 Å². The van der Waals surface area contributed by atoms with E-state index >= 15 is 0 Å². The van der Waals surface area contributed by atoms with Gasteiger partial charge in [-0.2, -0.15) is 5.10 Å². The molecule has 1 aliphatic heterocycles. The molecule has 6 nitrogen and oxygen atoms in total. The Labute approximate surface area is 176 Å². The highest BCUT2D eigenvalue weighted by Crippen LogP contribution is 2.35. The van der Waals surface area contributed by atoms with Crippen LogP contribution in [0.2, 0.25) is 0 Å². The zero-order valence-electron chi connectivity index (χ0n) is 16.0. The molecule has 148 valence electrons. The summed E-state index contributed by atoms with van der Waals surface area (Å²) >= 11 is 3.25. The van der Waals surface area contributed by atoms with Crippen molar-refractivity contribution < 1.29 is 18.7 Å². The van der Waals surface area contributed by atoms with Crippen LogP contribution in [0, 0.1) is 0 Å². The predicted molar refractivity (Wildman–Crippen MR) is 112 cm³/mol. The number of hydrazone groups is 1. The number of nitrogens with zero attached hydrogens (tertiary/aromatic N) is 2. The van der Waals surface area contributed by atoms with Crippen LogP contribution in [0.3, 0.4) is 0 Å². The Morgan fingerprint density at radius 1 is 1.07 bits per heavy atom. The van der Waals surface area contributed by atoms with E-state index in [4.69, 9.17) is 13.9 Å². The van der Waals surface area contributed by atoms with Crippen molar-refractivity contribution in [3.63, 3.8) is 0 Å². The quantitative estimate of drug-likeness (QED) is 0.540. The van der Waals surface area contributed by atoms with E-state index in [2.05, 4.69) is 21.0 Å². The molecule has 0 unspecified atom stereocenters. The summed E-state index contributed by atoms with van der Waals surface area (Å²) in [5, 5.41) is 6.15. The lowest BCUT2D eigenvalue weighted by Crippen LogP contribution is -2.26. The van der Waals surface area contributed by atoms with E-state index in [1.807, 2.05) is 42.5 Å². The van der Waals surface area contributed by atoms with Crippen molar-refractivity contribution in [2.45, 2.75) is 12.5 Å². The molecule has 3 aromatic rings. The molecule has 0 bridgehead atoms. The van der Waals surface area contributed by atoms with Crippen LogP contribution >= 0.6 is 15.9 Å². The summed E-state index contributed by atoms with van der Waals surface area (Å²) in [5.41, 5.74) is 2.62. The second-order valence-corrected chi connectivity index (χ2v) is 7.31. The second kappa shape index (κ2) is 8.13. The van der Waals surface area contributed by atoms with Gasteiger partial charge in [-0.05, 0) is 45.8 Å². The first-order valence-electron chi connectivity index (χ1n) is 9.04. The predicted octanol–water partition coefficient (Wildman–Crippen LogP) is 5.05. The van der Waals surface area contributed by atoms with Gasteiger partial charge in [0.05, 0.1) is 26.0 Å². The Balaban J connectivity index is 1.75. The van der Waals surface area contributed by atoms with Crippen molar-refractivity contribution in [3.8, 4) is 11.5 Å². The number of hydrogen-bond acceptors (Lipinski definition) is 5. The van der Waals surface area contributed by atoms with Gasteiger partial charge in [0.2, 0.25) is 0 Å². The van der Waals surface area contributed by atoms with Gasteiger partial charge in [-0.3, -0.25) is 4.79 Å². The van der Waals surface area contributed by atoms with Gasteiger partial charge in [-0.25, -0.2) is 5.01 Å². The molecule has 1 aromatic heterocycles. The normalized spacial score (nSPS) is 15.9. The highest BCUT2D eigenvalue weighted by atomic mass is 79.9. The Morgan fingerprint density at radius 3 is 2.34 bits per heavy atom. The van der Waals surface area contributed by atoms with Crippen molar-refractivity contribution >= 4 is 27.5 Å². The van der Waals surface area contributed by atoms with Crippen molar-refractivity contribution in [1.82, 2.24) is 5.01 Å². The summed E-state index contributed by atoms with van der Waals surface area (Å²) in [5.74, 6) is 1.26. The van der Waals surface area contributed by atoms with E-state index in [0.717, 1.165) is 16.8 Å². The molecular weight excluding hydrogens is 436 g/mol. The van der Waals surface area contributed by atoms with Crippen molar-refractivity contribution in [2.75, 3.05) is 14.2 Å². The van der Waals surface area contributed by atoms with E-state index in [1.165, 1.54) is 5.01 Å². The number of halogens is 1. The molecule has 0 aliphatic carbocycles. The number of methoxy groups -OCH3 is 2. The highest BCUT2D eigenvalue weighted by molar-refractivity contribution is 9.10. The molecule has 0 fully saturated rings. The van der Waals surface area contributed by atoms with Gasteiger partial charge in [-0.1, -0.05) is 30.3 Å². The van der Waals surface area contributed by atoms with Crippen LogP contribution in [0.5, 0.6) is 11.5 Å². The third-order valence-electron chi connectivity index (χ3n) is 4.77. The number of hydrogen-bond donors (Lipinski definition) is 0. The van der Waals surface area contributed by atoms with E-state index in [1.54, 1.807) is 32.4 Å². The Kier molecular flexibility index (Phi) is 5.40. The molecule has 1 amide bonds. The van der Waals surface area contributed by atoms with Crippen LogP contribution in [-0.4, -0.2) is 30.8 Å². The average Bonchev–Trinajstić information content (AvgIpc) is 3.40. The average molecular weight is 455 g/mol. The van der Waals surface area contributed by atoms with Crippen molar-refractivity contribution in [3.05, 3.63) is 82.2 Å². The molecule has 7 heteroatoms. The number of rotatable bonds is 5. The molecule has 0 saturated carbocycles. The van der Waals surface area contributed by atoms with Crippen molar-refractivity contribution in [2.24, 2.45) is 5.10 Å². The smallest absolute Gasteiger partial charge is 0.310 e. The lowest BCUT2D eigenvalue weighted by Gasteiger charge is -2.21. The van der Waals surface area contributed by atoms with Gasteiger partial charge in [0.1, 0.15) is 11.5 Å². The van der Waals surface area contributed by atoms with Crippen LogP contribution in [0.15, 0.2) is 74.9 Å².